The fourth-order valence-electron chi connectivity index (χ4n) is 3.38. The van der Waals surface area contributed by atoms with Crippen LogP contribution >= 0.6 is 0 Å². The standard InChI is InChI=1S/C18H24N2O4/c1-2-24-16(21)14-5-3-6-15(13-14)19-17(22)18(7-4-8-18)20-9-11-23-12-10-20/h3,5-6,13H,2,4,7-12H2,1H3,(H,19,22). The molecule has 0 aromatic heterocycles. The van der Waals surface area contributed by atoms with E-state index in [1.165, 1.54) is 0 Å². The number of morpholine rings is 1. The molecule has 1 aromatic carbocycles. The van der Waals surface area contributed by atoms with Crippen molar-refractivity contribution < 1.29 is 19.1 Å². The van der Waals surface area contributed by atoms with Crippen LogP contribution in [-0.2, 0) is 14.3 Å². The van der Waals surface area contributed by atoms with Crippen LogP contribution in [0.25, 0.3) is 0 Å². The Balaban J connectivity index is 1.71. The Kier molecular flexibility index (Phi) is 5.16. The van der Waals surface area contributed by atoms with Crippen LogP contribution in [-0.4, -0.2) is 55.2 Å². The summed E-state index contributed by atoms with van der Waals surface area (Å²) in [6.45, 7) is 5.02. The number of nitrogens with zero attached hydrogens (tertiary/aromatic N) is 1. The molecule has 6 heteroatoms. The summed E-state index contributed by atoms with van der Waals surface area (Å²) < 4.78 is 10.4. The molecule has 0 spiro atoms. The van der Waals surface area contributed by atoms with E-state index in [4.69, 9.17) is 9.47 Å². The van der Waals surface area contributed by atoms with Crippen LogP contribution in [0.15, 0.2) is 24.3 Å². The van der Waals surface area contributed by atoms with Crippen LogP contribution in [0.2, 0.25) is 0 Å². The van der Waals surface area contributed by atoms with Gasteiger partial charge in [0.05, 0.1) is 25.4 Å². The lowest BCUT2D eigenvalue weighted by Crippen LogP contribution is -2.63. The summed E-state index contributed by atoms with van der Waals surface area (Å²) in [5, 5.41) is 2.99. The summed E-state index contributed by atoms with van der Waals surface area (Å²) in [7, 11) is 0. The zero-order valence-corrected chi connectivity index (χ0v) is 14.0. The second-order valence-electron chi connectivity index (χ2n) is 6.24. The fraction of sp³-hybridized carbons (Fsp3) is 0.556. The van der Waals surface area contributed by atoms with Crippen molar-refractivity contribution in [2.75, 3.05) is 38.2 Å². The van der Waals surface area contributed by atoms with Gasteiger partial charge in [0, 0.05) is 18.8 Å². The summed E-state index contributed by atoms with van der Waals surface area (Å²) in [5.41, 5.74) is 0.651. The molecule has 2 aliphatic rings. The van der Waals surface area contributed by atoms with E-state index < -0.39 is 5.54 Å². The minimum absolute atomic E-state index is 0.0108. The molecule has 24 heavy (non-hydrogen) atoms. The highest BCUT2D eigenvalue weighted by Gasteiger charge is 2.49. The number of carbonyl (C=O) groups is 2. The van der Waals surface area contributed by atoms with Crippen LogP contribution < -0.4 is 5.32 Å². The molecule has 0 radical (unpaired) electrons. The summed E-state index contributed by atoms with van der Waals surface area (Å²) in [4.78, 5) is 27.0. The van der Waals surface area contributed by atoms with Gasteiger partial charge in [0.1, 0.15) is 5.54 Å². The van der Waals surface area contributed by atoms with Crippen LogP contribution in [0.5, 0.6) is 0 Å². The van der Waals surface area contributed by atoms with Crippen molar-refractivity contribution >= 4 is 17.6 Å². The molecule has 1 amide bonds. The third-order valence-corrected chi connectivity index (χ3v) is 4.85. The smallest absolute Gasteiger partial charge is 0.338 e. The summed E-state index contributed by atoms with van der Waals surface area (Å²) >= 11 is 0. The lowest BCUT2D eigenvalue weighted by molar-refractivity contribution is -0.139. The molecule has 1 N–H and O–H groups in total. The highest BCUT2D eigenvalue weighted by Crippen LogP contribution is 2.39. The minimum Gasteiger partial charge on any atom is -0.462 e. The number of nitrogens with one attached hydrogen (secondary N) is 1. The first-order valence-corrected chi connectivity index (χ1v) is 8.57. The second kappa shape index (κ2) is 7.32. The largest absolute Gasteiger partial charge is 0.462 e. The van der Waals surface area contributed by atoms with Gasteiger partial charge in [-0.1, -0.05) is 6.07 Å². The predicted octanol–water partition coefficient (Wildman–Crippen LogP) is 2.06. The van der Waals surface area contributed by atoms with Gasteiger partial charge in [-0.15, -0.1) is 0 Å². The Morgan fingerprint density at radius 3 is 2.67 bits per heavy atom. The zero-order chi connectivity index (χ0) is 17.0. The van der Waals surface area contributed by atoms with Gasteiger partial charge in [0.2, 0.25) is 5.91 Å². The predicted molar refractivity (Wildman–Crippen MR) is 90.0 cm³/mol. The zero-order valence-electron chi connectivity index (χ0n) is 14.0. The number of ether oxygens (including phenoxy) is 2. The quantitative estimate of drug-likeness (QED) is 0.836. The van der Waals surface area contributed by atoms with E-state index in [1.807, 2.05) is 0 Å². The highest BCUT2D eigenvalue weighted by molar-refractivity contribution is 6.00. The van der Waals surface area contributed by atoms with E-state index in [9.17, 15) is 9.59 Å². The van der Waals surface area contributed by atoms with Gasteiger partial charge < -0.3 is 14.8 Å². The summed E-state index contributed by atoms with van der Waals surface area (Å²) in [6.07, 6.45) is 2.81. The monoisotopic (exact) mass is 332 g/mol. The first-order chi connectivity index (χ1) is 11.7. The molecule has 6 nitrogen and oxygen atoms in total. The average molecular weight is 332 g/mol. The normalized spacial score (nSPS) is 20.0. The van der Waals surface area contributed by atoms with Gasteiger partial charge >= 0.3 is 5.97 Å². The van der Waals surface area contributed by atoms with E-state index in [0.717, 1.165) is 32.4 Å². The Morgan fingerprint density at radius 2 is 2.04 bits per heavy atom. The van der Waals surface area contributed by atoms with Gasteiger partial charge in [-0.3, -0.25) is 9.69 Å². The molecule has 1 saturated carbocycles. The van der Waals surface area contributed by atoms with Gasteiger partial charge in [-0.25, -0.2) is 4.79 Å². The Labute approximate surface area is 142 Å². The maximum Gasteiger partial charge on any atom is 0.338 e. The first kappa shape index (κ1) is 16.9. The molecular formula is C18H24N2O4. The van der Waals surface area contributed by atoms with Gasteiger partial charge in [0.25, 0.3) is 0 Å². The molecule has 1 aliphatic carbocycles. The van der Waals surface area contributed by atoms with Crippen LogP contribution in [0.1, 0.15) is 36.5 Å². The molecule has 2 fully saturated rings. The van der Waals surface area contributed by atoms with Crippen molar-refractivity contribution in [2.45, 2.75) is 31.7 Å². The number of amides is 1. The molecule has 3 rings (SSSR count). The van der Waals surface area contributed by atoms with Crippen LogP contribution in [0, 0.1) is 0 Å². The van der Waals surface area contributed by atoms with E-state index in [-0.39, 0.29) is 11.9 Å². The molecule has 1 heterocycles. The van der Waals surface area contributed by atoms with Crippen molar-refractivity contribution in [3.63, 3.8) is 0 Å². The molecule has 1 saturated heterocycles. The number of esters is 1. The van der Waals surface area contributed by atoms with Crippen molar-refractivity contribution in [2.24, 2.45) is 0 Å². The number of rotatable bonds is 5. The van der Waals surface area contributed by atoms with Crippen molar-refractivity contribution in [3.05, 3.63) is 29.8 Å². The molecule has 0 unspecified atom stereocenters. The van der Waals surface area contributed by atoms with Crippen molar-refractivity contribution in [1.29, 1.82) is 0 Å². The van der Waals surface area contributed by atoms with E-state index in [2.05, 4.69) is 10.2 Å². The number of carbonyl (C=O) groups excluding carboxylic acids is 2. The van der Waals surface area contributed by atoms with Crippen molar-refractivity contribution in [3.8, 4) is 0 Å². The third-order valence-electron chi connectivity index (χ3n) is 4.85. The van der Waals surface area contributed by atoms with Crippen LogP contribution in [0.4, 0.5) is 5.69 Å². The Bertz CT molecular complexity index is 607. The molecule has 1 aliphatic heterocycles. The number of hydrogen-bond donors (Lipinski definition) is 1. The minimum atomic E-state index is -0.427. The van der Waals surface area contributed by atoms with Gasteiger partial charge in [-0.05, 0) is 44.4 Å². The maximum atomic E-state index is 12.9. The Morgan fingerprint density at radius 1 is 1.29 bits per heavy atom. The maximum absolute atomic E-state index is 12.9. The Hall–Kier alpha value is -1.92. The fourth-order valence-corrected chi connectivity index (χ4v) is 3.38. The van der Waals surface area contributed by atoms with E-state index >= 15 is 0 Å². The van der Waals surface area contributed by atoms with Gasteiger partial charge in [-0.2, -0.15) is 0 Å². The highest BCUT2D eigenvalue weighted by atomic mass is 16.5. The van der Waals surface area contributed by atoms with Crippen LogP contribution in [0.3, 0.4) is 0 Å². The third kappa shape index (κ3) is 3.30. The average Bonchev–Trinajstić information content (AvgIpc) is 2.55. The number of anilines is 1. The lowest BCUT2D eigenvalue weighted by Gasteiger charge is -2.49. The summed E-state index contributed by atoms with van der Waals surface area (Å²) in [6, 6.07) is 6.91. The van der Waals surface area contributed by atoms with Gasteiger partial charge in [0.15, 0.2) is 0 Å². The van der Waals surface area contributed by atoms with Crippen molar-refractivity contribution in [1.82, 2.24) is 4.90 Å². The van der Waals surface area contributed by atoms with E-state index in [1.54, 1.807) is 31.2 Å². The number of hydrogen-bond acceptors (Lipinski definition) is 5. The molecule has 130 valence electrons. The molecule has 0 bridgehead atoms. The number of benzene rings is 1. The van der Waals surface area contributed by atoms with E-state index in [0.29, 0.717) is 31.1 Å². The topological polar surface area (TPSA) is 67.9 Å². The lowest BCUT2D eigenvalue weighted by atomic mass is 9.74. The second-order valence-corrected chi connectivity index (χ2v) is 6.24. The molecular weight excluding hydrogens is 308 g/mol. The first-order valence-electron chi connectivity index (χ1n) is 8.57. The molecule has 1 aromatic rings. The SMILES string of the molecule is CCOC(=O)c1cccc(NC(=O)C2(N3CCOCC3)CCC2)c1. The summed E-state index contributed by atoms with van der Waals surface area (Å²) in [5.74, 6) is -0.364. The molecule has 0 atom stereocenters.